The summed E-state index contributed by atoms with van der Waals surface area (Å²) in [6.45, 7) is 0. The Morgan fingerprint density at radius 3 is 2.57 bits per heavy atom. The van der Waals surface area contributed by atoms with Crippen LogP contribution in [0.25, 0.3) is 10.8 Å². The van der Waals surface area contributed by atoms with E-state index < -0.39 is 17.6 Å². The summed E-state index contributed by atoms with van der Waals surface area (Å²) in [5.74, 6) is -0.582. The summed E-state index contributed by atoms with van der Waals surface area (Å²) >= 11 is 0. The smallest absolute Gasteiger partial charge is 0.405 e. The zero-order valence-electron chi connectivity index (χ0n) is 15.3. The van der Waals surface area contributed by atoms with Crippen LogP contribution in [-0.4, -0.2) is 27.6 Å². The summed E-state index contributed by atoms with van der Waals surface area (Å²) in [5.41, 5.74) is 1.07. The highest BCUT2D eigenvalue weighted by Crippen LogP contribution is 2.43. The molecule has 2 amide bonds. The van der Waals surface area contributed by atoms with Crippen molar-refractivity contribution in [2.45, 2.75) is 30.7 Å². The van der Waals surface area contributed by atoms with Crippen LogP contribution in [0, 0.1) is 0 Å². The number of carbonyl (C=O) groups is 2. The highest BCUT2D eigenvalue weighted by atomic mass is 16.4. The minimum atomic E-state index is -1.05. The number of hydrogen-bond donors (Lipinski definition) is 3. The lowest BCUT2D eigenvalue weighted by atomic mass is 9.90. The van der Waals surface area contributed by atoms with E-state index in [4.69, 9.17) is 5.11 Å². The van der Waals surface area contributed by atoms with E-state index in [-0.39, 0.29) is 5.91 Å². The van der Waals surface area contributed by atoms with Gasteiger partial charge in [0.15, 0.2) is 0 Å². The van der Waals surface area contributed by atoms with Crippen LogP contribution in [0.3, 0.4) is 0 Å². The minimum absolute atomic E-state index is 0.141. The van der Waals surface area contributed by atoms with Crippen LogP contribution in [0.5, 0.6) is 0 Å². The lowest BCUT2D eigenvalue weighted by Gasteiger charge is -2.23. The zero-order valence-corrected chi connectivity index (χ0v) is 15.3. The number of carboxylic acid groups (broad SMARTS) is 1. The monoisotopic (exact) mass is 375 g/mol. The van der Waals surface area contributed by atoms with Crippen LogP contribution in [0.4, 0.5) is 10.5 Å². The Hall–Kier alpha value is -3.41. The van der Waals surface area contributed by atoms with E-state index in [1.165, 1.54) is 0 Å². The molecular weight excluding hydrogens is 354 g/mol. The minimum Gasteiger partial charge on any atom is -0.465 e. The van der Waals surface area contributed by atoms with Crippen molar-refractivity contribution < 1.29 is 14.7 Å². The van der Waals surface area contributed by atoms with Crippen molar-refractivity contribution in [1.82, 2.24) is 10.3 Å². The van der Waals surface area contributed by atoms with E-state index in [0.29, 0.717) is 12.1 Å². The maximum atomic E-state index is 13.1. The van der Waals surface area contributed by atoms with Gasteiger partial charge in [0.25, 0.3) is 0 Å². The third-order valence-corrected chi connectivity index (χ3v) is 5.25. The molecule has 1 aromatic heterocycles. The fourth-order valence-corrected chi connectivity index (χ4v) is 3.59. The number of carbonyl (C=O) groups excluding carboxylic acids is 1. The average Bonchev–Trinajstić information content (AvgIpc) is 3.45. The number of hydrogen-bond acceptors (Lipinski definition) is 3. The first-order chi connectivity index (χ1) is 13.5. The first-order valence-electron chi connectivity index (χ1n) is 9.25. The molecule has 28 heavy (non-hydrogen) atoms. The van der Waals surface area contributed by atoms with E-state index >= 15 is 0 Å². The summed E-state index contributed by atoms with van der Waals surface area (Å²) in [6.07, 6.45) is 4.38. The summed E-state index contributed by atoms with van der Waals surface area (Å²) in [7, 11) is 0. The van der Waals surface area contributed by atoms with Crippen molar-refractivity contribution in [1.29, 1.82) is 0 Å². The molecule has 1 saturated carbocycles. The van der Waals surface area contributed by atoms with Crippen molar-refractivity contribution >= 4 is 28.5 Å². The SMILES string of the molecule is O=C(O)NC1(CC(C(=O)Nc2ccc3cnccc3c2)c2ccccc2)CC1. The van der Waals surface area contributed by atoms with Gasteiger partial charge in [0.2, 0.25) is 5.91 Å². The van der Waals surface area contributed by atoms with Crippen molar-refractivity contribution in [3.05, 3.63) is 72.6 Å². The van der Waals surface area contributed by atoms with Gasteiger partial charge in [0.05, 0.1) is 5.92 Å². The molecule has 0 bridgehead atoms. The standard InChI is InChI=1S/C22H21N3O3/c26-20(24-18-7-6-17-14-23-11-8-16(17)12-18)19(15-4-2-1-3-5-15)13-22(9-10-22)25-21(27)28/h1-8,11-12,14,19,25H,9-10,13H2,(H,24,26)(H,27,28). The molecule has 4 rings (SSSR count). The number of rotatable bonds is 6. The molecule has 2 aromatic carbocycles. The molecule has 3 aromatic rings. The average molecular weight is 375 g/mol. The van der Waals surface area contributed by atoms with E-state index in [2.05, 4.69) is 15.6 Å². The van der Waals surface area contributed by atoms with Gasteiger partial charge in [-0.05, 0) is 48.4 Å². The molecule has 6 heteroatoms. The maximum absolute atomic E-state index is 13.1. The Morgan fingerprint density at radius 1 is 1.07 bits per heavy atom. The predicted octanol–water partition coefficient (Wildman–Crippen LogP) is 4.15. The van der Waals surface area contributed by atoms with Crippen LogP contribution in [0.1, 0.15) is 30.7 Å². The van der Waals surface area contributed by atoms with Crippen LogP contribution in [0.2, 0.25) is 0 Å². The van der Waals surface area contributed by atoms with Crippen LogP contribution in [-0.2, 0) is 4.79 Å². The highest BCUT2D eigenvalue weighted by molar-refractivity contribution is 5.98. The third-order valence-electron chi connectivity index (χ3n) is 5.25. The second-order valence-electron chi connectivity index (χ2n) is 7.30. The predicted molar refractivity (Wildman–Crippen MR) is 107 cm³/mol. The number of nitrogens with one attached hydrogen (secondary N) is 2. The van der Waals surface area contributed by atoms with Gasteiger partial charge in [-0.2, -0.15) is 0 Å². The topological polar surface area (TPSA) is 91.3 Å². The Kier molecular flexibility index (Phi) is 4.69. The summed E-state index contributed by atoms with van der Waals surface area (Å²) in [6, 6.07) is 17.1. The first-order valence-corrected chi connectivity index (χ1v) is 9.25. The molecule has 1 unspecified atom stereocenters. The van der Waals surface area contributed by atoms with Gasteiger partial charge in [0.1, 0.15) is 0 Å². The van der Waals surface area contributed by atoms with Gasteiger partial charge in [0, 0.05) is 29.0 Å². The second-order valence-corrected chi connectivity index (χ2v) is 7.30. The first kappa shape index (κ1) is 18.0. The molecule has 0 spiro atoms. The highest BCUT2D eigenvalue weighted by Gasteiger charge is 2.47. The van der Waals surface area contributed by atoms with E-state index in [1.807, 2.05) is 54.6 Å². The van der Waals surface area contributed by atoms with Crippen LogP contribution in [0.15, 0.2) is 67.0 Å². The molecule has 1 aliphatic rings. The number of fused-ring (bicyclic) bond motifs is 1. The van der Waals surface area contributed by atoms with E-state index in [1.54, 1.807) is 12.4 Å². The summed E-state index contributed by atoms with van der Waals surface area (Å²) < 4.78 is 0. The molecule has 0 aliphatic heterocycles. The number of pyridine rings is 1. The maximum Gasteiger partial charge on any atom is 0.405 e. The lowest BCUT2D eigenvalue weighted by Crippen LogP contribution is -2.39. The second kappa shape index (κ2) is 7.31. The largest absolute Gasteiger partial charge is 0.465 e. The van der Waals surface area contributed by atoms with Crippen molar-refractivity contribution in [2.75, 3.05) is 5.32 Å². The fraction of sp³-hybridized carbons (Fsp3) is 0.227. The molecular formula is C22H21N3O3. The molecule has 0 saturated heterocycles. The van der Waals surface area contributed by atoms with E-state index in [9.17, 15) is 9.59 Å². The number of benzene rings is 2. The van der Waals surface area contributed by atoms with Crippen molar-refractivity contribution in [3.63, 3.8) is 0 Å². The van der Waals surface area contributed by atoms with Crippen molar-refractivity contribution in [2.24, 2.45) is 0 Å². The molecule has 142 valence electrons. The van der Waals surface area contributed by atoms with Crippen molar-refractivity contribution in [3.8, 4) is 0 Å². The Bertz CT molecular complexity index is 1020. The van der Waals surface area contributed by atoms with Crippen LogP contribution < -0.4 is 10.6 Å². The molecule has 1 atom stereocenters. The number of amides is 2. The van der Waals surface area contributed by atoms with Gasteiger partial charge in [-0.15, -0.1) is 0 Å². The number of anilines is 1. The number of aromatic nitrogens is 1. The summed E-state index contributed by atoms with van der Waals surface area (Å²) in [4.78, 5) is 28.4. The van der Waals surface area contributed by atoms with Gasteiger partial charge in [-0.1, -0.05) is 36.4 Å². The molecule has 3 N–H and O–H groups in total. The zero-order chi connectivity index (χ0) is 19.6. The Balaban J connectivity index is 1.58. The van der Waals surface area contributed by atoms with E-state index in [0.717, 1.165) is 29.2 Å². The lowest BCUT2D eigenvalue weighted by molar-refractivity contribution is -0.118. The molecule has 1 heterocycles. The summed E-state index contributed by atoms with van der Waals surface area (Å²) in [5, 5.41) is 16.7. The van der Waals surface area contributed by atoms with Gasteiger partial charge in [-0.25, -0.2) is 4.79 Å². The Morgan fingerprint density at radius 2 is 1.86 bits per heavy atom. The molecule has 0 radical (unpaired) electrons. The van der Waals surface area contributed by atoms with Gasteiger partial charge in [-0.3, -0.25) is 9.78 Å². The fourth-order valence-electron chi connectivity index (χ4n) is 3.59. The van der Waals surface area contributed by atoms with Crippen LogP contribution >= 0.6 is 0 Å². The quantitative estimate of drug-likeness (QED) is 0.604. The molecule has 6 nitrogen and oxygen atoms in total. The molecule has 1 aliphatic carbocycles. The number of nitrogens with zero attached hydrogens (tertiary/aromatic N) is 1. The third kappa shape index (κ3) is 3.96. The molecule has 1 fully saturated rings. The van der Waals surface area contributed by atoms with Gasteiger partial charge < -0.3 is 15.7 Å². The normalized spacial score (nSPS) is 15.6. The Labute approximate surface area is 162 Å². The van der Waals surface area contributed by atoms with Gasteiger partial charge >= 0.3 is 6.09 Å².